The Bertz CT molecular complexity index is 838. The quantitative estimate of drug-likeness (QED) is 0.803. The Hall–Kier alpha value is -2.74. The number of piperidine rings is 1. The first-order valence-electron chi connectivity index (χ1n) is 9.75. The highest BCUT2D eigenvalue weighted by Gasteiger charge is 2.25. The van der Waals surface area contributed by atoms with Crippen LogP contribution in [0, 0.1) is 5.92 Å². The van der Waals surface area contributed by atoms with Crippen LogP contribution < -0.4 is 9.80 Å². The lowest BCUT2D eigenvalue weighted by atomic mass is 9.99. The third-order valence-electron chi connectivity index (χ3n) is 5.60. The van der Waals surface area contributed by atoms with Gasteiger partial charge in [0.2, 0.25) is 0 Å². The van der Waals surface area contributed by atoms with Crippen LogP contribution in [0.15, 0.2) is 30.9 Å². The maximum atomic E-state index is 11.1. The van der Waals surface area contributed by atoms with E-state index in [-0.39, 0.29) is 11.7 Å². The lowest BCUT2D eigenvalue weighted by Crippen LogP contribution is -2.36. The van der Waals surface area contributed by atoms with Gasteiger partial charge in [-0.15, -0.1) is 0 Å². The summed E-state index contributed by atoms with van der Waals surface area (Å²) in [6, 6.07) is 3.75. The molecule has 2 aliphatic heterocycles. The van der Waals surface area contributed by atoms with Crippen molar-refractivity contribution in [3.05, 3.63) is 42.0 Å². The zero-order chi connectivity index (χ0) is 19.5. The number of aliphatic hydroxyl groups is 1. The molecule has 0 amide bonds. The molecule has 8 heteroatoms. The van der Waals surface area contributed by atoms with Crippen molar-refractivity contribution < 1.29 is 15.0 Å². The van der Waals surface area contributed by atoms with E-state index in [0.29, 0.717) is 5.92 Å². The molecule has 2 aliphatic rings. The largest absolute Gasteiger partial charge is 0.478 e. The van der Waals surface area contributed by atoms with E-state index in [0.717, 1.165) is 69.1 Å². The van der Waals surface area contributed by atoms with Crippen LogP contribution in [0.4, 0.5) is 11.6 Å². The number of pyridine rings is 1. The standard InChI is InChI=1S/C20H25N5O3/c26-17-2-5-24(6-3-17)18-9-19(23-13-22-18)25-4-1-14(12-25)7-15-8-16(20(27)28)11-21-10-15/h8-11,13-14,17,26H,1-7,12H2,(H,27,28). The fourth-order valence-electron chi connectivity index (χ4n) is 4.03. The van der Waals surface area contributed by atoms with Gasteiger partial charge in [0.15, 0.2) is 0 Å². The minimum atomic E-state index is -0.943. The molecule has 2 fully saturated rings. The Morgan fingerprint density at radius 3 is 2.50 bits per heavy atom. The van der Waals surface area contributed by atoms with Gasteiger partial charge in [-0.25, -0.2) is 14.8 Å². The number of nitrogens with zero attached hydrogens (tertiary/aromatic N) is 5. The van der Waals surface area contributed by atoms with Crippen LogP contribution in [-0.4, -0.2) is 63.4 Å². The first kappa shape index (κ1) is 18.6. The highest BCUT2D eigenvalue weighted by molar-refractivity contribution is 5.87. The highest BCUT2D eigenvalue weighted by atomic mass is 16.4. The molecular weight excluding hydrogens is 358 g/mol. The average Bonchev–Trinajstić information content (AvgIpc) is 3.17. The second-order valence-electron chi connectivity index (χ2n) is 7.64. The molecule has 1 unspecified atom stereocenters. The summed E-state index contributed by atoms with van der Waals surface area (Å²) >= 11 is 0. The van der Waals surface area contributed by atoms with Crippen LogP contribution >= 0.6 is 0 Å². The zero-order valence-corrected chi connectivity index (χ0v) is 15.7. The molecule has 2 saturated heterocycles. The number of hydrogen-bond acceptors (Lipinski definition) is 7. The normalized spacial score (nSPS) is 20.5. The van der Waals surface area contributed by atoms with Gasteiger partial charge in [-0.2, -0.15) is 0 Å². The number of aromatic nitrogens is 3. The molecule has 4 heterocycles. The van der Waals surface area contributed by atoms with E-state index < -0.39 is 5.97 Å². The molecule has 0 aromatic carbocycles. The van der Waals surface area contributed by atoms with Gasteiger partial charge in [0.05, 0.1) is 11.7 Å². The molecule has 0 aliphatic carbocycles. The molecule has 2 aromatic rings. The van der Waals surface area contributed by atoms with Gasteiger partial charge in [-0.05, 0) is 43.2 Å². The molecule has 148 valence electrons. The molecule has 8 nitrogen and oxygen atoms in total. The maximum absolute atomic E-state index is 11.1. The number of hydrogen-bond donors (Lipinski definition) is 2. The Morgan fingerprint density at radius 1 is 1.04 bits per heavy atom. The predicted molar refractivity (Wildman–Crippen MR) is 105 cm³/mol. The van der Waals surface area contributed by atoms with Gasteiger partial charge in [0.1, 0.15) is 18.0 Å². The van der Waals surface area contributed by atoms with Gasteiger partial charge >= 0.3 is 5.97 Å². The van der Waals surface area contributed by atoms with E-state index >= 15 is 0 Å². The van der Waals surface area contributed by atoms with E-state index in [4.69, 9.17) is 5.11 Å². The first-order valence-corrected chi connectivity index (χ1v) is 9.75. The van der Waals surface area contributed by atoms with Gasteiger partial charge in [-0.3, -0.25) is 4.98 Å². The molecule has 1 atom stereocenters. The van der Waals surface area contributed by atoms with Crippen LogP contribution in [0.2, 0.25) is 0 Å². The Labute approximate surface area is 163 Å². The second-order valence-corrected chi connectivity index (χ2v) is 7.64. The first-order chi connectivity index (χ1) is 13.6. The van der Waals surface area contributed by atoms with Gasteiger partial charge < -0.3 is 20.0 Å². The lowest BCUT2D eigenvalue weighted by Gasteiger charge is -2.31. The average molecular weight is 383 g/mol. The third-order valence-corrected chi connectivity index (χ3v) is 5.60. The number of carboxylic acids is 1. The zero-order valence-electron chi connectivity index (χ0n) is 15.7. The fraction of sp³-hybridized carbons (Fsp3) is 0.500. The fourth-order valence-corrected chi connectivity index (χ4v) is 4.03. The summed E-state index contributed by atoms with van der Waals surface area (Å²) < 4.78 is 0. The SMILES string of the molecule is O=C(O)c1cncc(CC2CCN(c3cc(N4CCC(O)CC4)ncn3)C2)c1. The van der Waals surface area contributed by atoms with Crippen molar-refractivity contribution in [1.29, 1.82) is 0 Å². The van der Waals surface area contributed by atoms with Crippen LogP contribution in [0.1, 0.15) is 35.2 Å². The molecule has 0 radical (unpaired) electrons. The third kappa shape index (κ3) is 4.22. The summed E-state index contributed by atoms with van der Waals surface area (Å²) in [6.45, 7) is 3.43. The summed E-state index contributed by atoms with van der Waals surface area (Å²) in [4.78, 5) is 28.5. The van der Waals surface area contributed by atoms with Crippen molar-refractivity contribution in [2.45, 2.75) is 31.8 Å². The van der Waals surface area contributed by atoms with Crippen molar-refractivity contribution >= 4 is 17.6 Å². The number of aromatic carboxylic acids is 1. The number of rotatable bonds is 5. The van der Waals surface area contributed by atoms with Crippen LogP contribution in [-0.2, 0) is 6.42 Å². The monoisotopic (exact) mass is 383 g/mol. The van der Waals surface area contributed by atoms with Crippen molar-refractivity contribution in [1.82, 2.24) is 15.0 Å². The van der Waals surface area contributed by atoms with Crippen LogP contribution in [0.5, 0.6) is 0 Å². The molecule has 0 saturated carbocycles. The predicted octanol–water partition coefficient (Wildman–Crippen LogP) is 1.60. The molecular formula is C20H25N5O3. The van der Waals surface area contributed by atoms with E-state index in [1.807, 2.05) is 6.07 Å². The topological polar surface area (TPSA) is 103 Å². The Kier molecular flexibility index (Phi) is 5.38. The Morgan fingerprint density at radius 2 is 1.75 bits per heavy atom. The molecule has 28 heavy (non-hydrogen) atoms. The van der Waals surface area contributed by atoms with E-state index in [9.17, 15) is 9.90 Å². The van der Waals surface area contributed by atoms with E-state index in [1.165, 1.54) is 6.20 Å². The molecule has 2 aromatic heterocycles. The smallest absolute Gasteiger partial charge is 0.337 e. The molecule has 0 spiro atoms. The van der Waals surface area contributed by atoms with E-state index in [2.05, 4.69) is 24.8 Å². The molecule has 4 rings (SSSR count). The molecule has 2 N–H and O–H groups in total. The summed E-state index contributed by atoms with van der Waals surface area (Å²) in [5.41, 5.74) is 1.20. The van der Waals surface area contributed by atoms with Gasteiger partial charge in [-0.1, -0.05) is 0 Å². The maximum Gasteiger partial charge on any atom is 0.337 e. The van der Waals surface area contributed by atoms with Gasteiger partial charge in [0, 0.05) is 44.6 Å². The van der Waals surface area contributed by atoms with Crippen LogP contribution in [0.3, 0.4) is 0 Å². The summed E-state index contributed by atoms with van der Waals surface area (Å²) in [6.07, 6.45) is 7.94. The van der Waals surface area contributed by atoms with E-state index in [1.54, 1.807) is 18.6 Å². The highest BCUT2D eigenvalue weighted by Crippen LogP contribution is 2.27. The number of carboxylic acid groups (broad SMARTS) is 1. The minimum absolute atomic E-state index is 0.203. The van der Waals surface area contributed by atoms with Crippen molar-refractivity contribution in [3.63, 3.8) is 0 Å². The molecule has 0 bridgehead atoms. The van der Waals surface area contributed by atoms with Crippen LogP contribution in [0.25, 0.3) is 0 Å². The minimum Gasteiger partial charge on any atom is -0.478 e. The summed E-state index contributed by atoms with van der Waals surface area (Å²) in [7, 11) is 0. The van der Waals surface area contributed by atoms with Gasteiger partial charge in [0.25, 0.3) is 0 Å². The number of carbonyl (C=O) groups is 1. The summed E-state index contributed by atoms with van der Waals surface area (Å²) in [5.74, 6) is 1.34. The number of aliphatic hydroxyl groups excluding tert-OH is 1. The summed E-state index contributed by atoms with van der Waals surface area (Å²) in [5, 5.41) is 18.8. The second kappa shape index (κ2) is 8.10. The lowest BCUT2D eigenvalue weighted by molar-refractivity contribution is 0.0696. The number of anilines is 2. The van der Waals surface area contributed by atoms with Crippen molar-refractivity contribution in [2.75, 3.05) is 36.0 Å². The van der Waals surface area contributed by atoms with Crippen molar-refractivity contribution in [2.24, 2.45) is 5.92 Å². The Balaban J connectivity index is 1.39. The van der Waals surface area contributed by atoms with Crippen molar-refractivity contribution in [3.8, 4) is 0 Å².